The Balaban J connectivity index is 1.99. The van der Waals surface area contributed by atoms with Gasteiger partial charge in [0.1, 0.15) is 5.78 Å². The predicted octanol–water partition coefficient (Wildman–Crippen LogP) is 3.67. The van der Waals surface area contributed by atoms with Gasteiger partial charge in [-0.3, -0.25) is 4.79 Å². The molecule has 1 rings (SSSR count). The molecule has 1 fully saturated rings. The van der Waals surface area contributed by atoms with Crippen LogP contribution < -0.4 is 0 Å². The van der Waals surface area contributed by atoms with Crippen LogP contribution in [0.2, 0.25) is 0 Å². The third-order valence-corrected chi connectivity index (χ3v) is 4.10. The Morgan fingerprint density at radius 3 is 2.64 bits per heavy atom. The Morgan fingerprint density at radius 2 is 2.00 bits per heavy atom. The van der Waals surface area contributed by atoms with Gasteiger partial charge in [0.25, 0.3) is 0 Å². The minimum atomic E-state index is 0.438. The van der Waals surface area contributed by atoms with E-state index in [1.165, 1.54) is 37.9 Å². The standard InChI is InChI=1S/C12H22OS/c1-2-6-12(13)10-14-9-11-7-4-3-5-8-11/h11H,2-10H2,1H3. The number of carbonyl (C=O) groups excluding carboxylic acids is 1. The van der Waals surface area contributed by atoms with Gasteiger partial charge >= 0.3 is 0 Å². The van der Waals surface area contributed by atoms with Gasteiger partial charge in [-0.2, -0.15) is 11.8 Å². The quantitative estimate of drug-likeness (QED) is 0.671. The van der Waals surface area contributed by atoms with Gasteiger partial charge in [-0.15, -0.1) is 0 Å². The maximum absolute atomic E-state index is 11.3. The Kier molecular flexibility index (Phi) is 6.33. The summed E-state index contributed by atoms with van der Waals surface area (Å²) in [6, 6.07) is 0. The van der Waals surface area contributed by atoms with Crippen molar-refractivity contribution in [3.05, 3.63) is 0 Å². The van der Waals surface area contributed by atoms with Crippen LogP contribution in [-0.2, 0) is 4.79 Å². The van der Waals surface area contributed by atoms with E-state index < -0.39 is 0 Å². The van der Waals surface area contributed by atoms with Crippen molar-refractivity contribution >= 4 is 17.5 Å². The largest absolute Gasteiger partial charge is 0.299 e. The molecule has 1 aliphatic rings. The first-order valence-corrected chi connectivity index (χ1v) is 7.08. The zero-order chi connectivity index (χ0) is 10.2. The third-order valence-electron chi connectivity index (χ3n) is 2.87. The fourth-order valence-corrected chi connectivity index (χ4v) is 3.20. The van der Waals surface area contributed by atoms with Crippen molar-refractivity contribution in [3.63, 3.8) is 0 Å². The summed E-state index contributed by atoms with van der Waals surface area (Å²) in [7, 11) is 0. The maximum Gasteiger partial charge on any atom is 0.142 e. The first-order chi connectivity index (χ1) is 6.83. The molecule has 0 atom stereocenters. The molecule has 0 unspecified atom stereocenters. The van der Waals surface area contributed by atoms with Crippen molar-refractivity contribution in [2.24, 2.45) is 5.92 Å². The average Bonchev–Trinajstić information content (AvgIpc) is 2.20. The Bertz CT molecular complexity index is 162. The minimum Gasteiger partial charge on any atom is -0.299 e. The van der Waals surface area contributed by atoms with Crippen molar-refractivity contribution in [1.82, 2.24) is 0 Å². The van der Waals surface area contributed by atoms with E-state index in [-0.39, 0.29) is 0 Å². The van der Waals surface area contributed by atoms with Gasteiger partial charge in [-0.1, -0.05) is 26.2 Å². The van der Waals surface area contributed by atoms with Gasteiger partial charge in [0.2, 0.25) is 0 Å². The number of rotatable bonds is 6. The molecule has 1 nitrogen and oxygen atoms in total. The normalized spacial score (nSPS) is 18.4. The summed E-state index contributed by atoms with van der Waals surface area (Å²) in [4.78, 5) is 11.3. The molecule has 2 heteroatoms. The van der Waals surface area contributed by atoms with Crippen LogP contribution >= 0.6 is 11.8 Å². The summed E-state index contributed by atoms with van der Waals surface area (Å²) >= 11 is 1.86. The molecule has 0 radical (unpaired) electrons. The zero-order valence-corrected chi connectivity index (χ0v) is 10.1. The summed E-state index contributed by atoms with van der Waals surface area (Å²) in [5.41, 5.74) is 0. The van der Waals surface area contributed by atoms with E-state index >= 15 is 0 Å². The molecule has 0 bridgehead atoms. The molecule has 0 aromatic heterocycles. The smallest absolute Gasteiger partial charge is 0.142 e. The van der Waals surface area contributed by atoms with Crippen molar-refractivity contribution < 1.29 is 4.79 Å². The van der Waals surface area contributed by atoms with Crippen molar-refractivity contribution in [3.8, 4) is 0 Å². The lowest BCUT2D eigenvalue weighted by molar-refractivity contribution is -0.116. The number of carbonyl (C=O) groups is 1. The van der Waals surface area contributed by atoms with E-state index in [0.717, 1.165) is 24.5 Å². The predicted molar refractivity (Wildman–Crippen MR) is 63.8 cm³/mol. The van der Waals surface area contributed by atoms with Gasteiger partial charge in [0, 0.05) is 6.42 Å². The van der Waals surface area contributed by atoms with E-state index in [2.05, 4.69) is 6.92 Å². The van der Waals surface area contributed by atoms with E-state index in [9.17, 15) is 4.79 Å². The molecule has 0 aromatic rings. The zero-order valence-electron chi connectivity index (χ0n) is 9.26. The van der Waals surface area contributed by atoms with Crippen LogP contribution in [0.25, 0.3) is 0 Å². The van der Waals surface area contributed by atoms with Crippen LogP contribution in [0.4, 0.5) is 0 Å². The highest BCUT2D eigenvalue weighted by Gasteiger charge is 2.13. The molecule has 1 saturated carbocycles. The van der Waals surface area contributed by atoms with Gasteiger partial charge in [-0.05, 0) is 30.9 Å². The Hall–Kier alpha value is 0.0200. The number of hydrogen-bond donors (Lipinski definition) is 0. The van der Waals surface area contributed by atoms with Crippen molar-refractivity contribution in [2.75, 3.05) is 11.5 Å². The monoisotopic (exact) mass is 214 g/mol. The molecule has 0 heterocycles. The Morgan fingerprint density at radius 1 is 1.29 bits per heavy atom. The van der Waals surface area contributed by atoms with Gasteiger partial charge in [0.05, 0.1) is 5.75 Å². The second kappa shape index (κ2) is 7.33. The average molecular weight is 214 g/mol. The van der Waals surface area contributed by atoms with Crippen LogP contribution in [0, 0.1) is 5.92 Å². The molecule has 14 heavy (non-hydrogen) atoms. The fraction of sp³-hybridized carbons (Fsp3) is 0.917. The summed E-state index contributed by atoms with van der Waals surface area (Å²) in [5, 5.41) is 0. The maximum atomic E-state index is 11.3. The Labute approximate surface area is 92.0 Å². The molecule has 1 aliphatic carbocycles. The highest BCUT2D eigenvalue weighted by molar-refractivity contribution is 7.99. The summed E-state index contributed by atoms with van der Waals surface area (Å²) < 4.78 is 0. The summed E-state index contributed by atoms with van der Waals surface area (Å²) in [6.45, 7) is 2.07. The van der Waals surface area contributed by atoms with E-state index in [0.29, 0.717) is 5.78 Å². The number of hydrogen-bond acceptors (Lipinski definition) is 2. The fourth-order valence-electron chi connectivity index (χ4n) is 2.04. The second-order valence-corrected chi connectivity index (χ2v) is 5.34. The van der Waals surface area contributed by atoms with Crippen LogP contribution in [0.1, 0.15) is 51.9 Å². The first kappa shape index (κ1) is 12.1. The van der Waals surface area contributed by atoms with Crippen LogP contribution in [0.3, 0.4) is 0 Å². The first-order valence-electron chi connectivity index (χ1n) is 5.92. The molecule has 82 valence electrons. The van der Waals surface area contributed by atoms with Crippen molar-refractivity contribution in [2.45, 2.75) is 51.9 Å². The van der Waals surface area contributed by atoms with Gasteiger partial charge < -0.3 is 0 Å². The second-order valence-electron chi connectivity index (χ2n) is 4.31. The number of Topliss-reactive ketones (excluding diaryl/α,β-unsaturated/α-hetero) is 1. The topological polar surface area (TPSA) is 17.1 Å². The van der Waals surface area contributed by atoms with Crippen LogP contribution in [0.5, 0.6) is 0 Å². The van der Waals surface area contributed by atoms with Gasteiger partial charge in [-0.25, -0.2) is 0 Å². The molecule has 0 N–H and O–H groups in total. The van der Waals surface area contributed by atoms with Crippen LogP contribution in [-0.4, -0.2) is 17.3 Å². The highest BCUT2D eigenvalue weighted by atomic mass is 32.2. The third kappa shape index (κ3) is 5.04. The lowest BCUT2D eigenvalue weighted by Crippen LogP contribution is -2.10. The van der Waals surface area contributed by atoms with Crippen molar-refractivity contribution in [1.29, 1.82) is 0 Å². The number of thioether (sulfide) groups is 1. The van der Waals surface area contributed by atoms with Crippen LogP contribution in [0.15, 0.2) is 0 Å². The minimum absolute atomic E-state index is 0.438. The van der Waals surface area contributed by atoms with E-state index in [4.69, 9.17) is 0 Å². The molecule has 0 saturated heterocycles. The molecule has 0 spiro atoms. The summed E-state index contributed by atoms with van der Waals surface area (Å²) in [5.74, 6) is 3.32. The molecular formula is C12H22OS. The summed E-state index contributed by atoms with van der Waals surface area (Å²) in [6.07, 6.45) is 8.82. The molecular weight excluding hydrogens is 192 g/mol. The lowest BCUT2D eigenvalue weighted by Gasteiger charge is -2.20. The molecule has 0 aliphatic heterocycles. The number of ketones is 1. The SMILES string of the molecule is CCCC(=O)CSCC1CCCCC1. The lowest BCUT2D eigenvalue weighted by atomic mass is 9.91. The highest BCUT2D eigenvalue weighted by Crippen LogP contribution is 2.26. The van der Waals surface area contributed by atoms with E-state index in [1.807, 2.05) is 11.8 Å². The molecule has 0 aromatic carbocycles. The molecule has 0 amide bonds. The van der Waals surface area contributed by atoms with E-state index in [1.54, 1.807) is 0 Å². The van der Waals surface area contributed by atoms with Gasteiger partial charge in [0.15, 0.2) is 0 Å².